The minimum Gasteiger partial charge on any atom is -0.456 e. The van der Waals surface area contributed by atoms with Crippen molar-refractivity contribution in [3.8, 4) is 5.75 Å². The third-order valence-electron chi connectivity index (χ3n) is 10.4. The molecule has 0 aromatic heterocycles. The van der Waals surface area contributed by atoms with Gasteiger partial charge in [-0.2, -0.15) is 0 Å². The fourth-order valence-corrected chi connectivity index (χ4v) is 8.46. The molecule has 0 radical (unpaired) electrons. The first kappa shape index (κ1) is 44.0. The second kappa shape index (κ2) is 20.4. The normalized spacial score (nSPS) is 15.9. The van der Waals surface area contributed by atoms with Crippen molar-refractivity contribution in [2.24, 2.45) is 0 Å². The van der Waals surface area contributed by atoms with Crippen LogP contribution in [0.1, 0.15) is 69.4 Å². The van der Waals surface area contributed by atoms with E-state index in [9.17, 15) is 21.6 Å². The van der Waals surface area contributed by atoms with Gasteiger partial charge < -0.3 is 28.9 Å². The summed E-state index contributed by atoms with van der Waals surface area (Å²) in [6, 6.07) is 13.8. The summed E-state index contributed by atoms with van der Waals surface area (Å²) >= 11 is 0. The SMILES string of the molecule is C=CS(=O)(=O)CCOCCOCCS(=O)(=O)CCN(C(=O)c1ccccc1C1=C2C=CC([NH+](CC)CC)C=C2Oc2cc(N(CC)CC)ccc21)C(C)CC. The van der Waals surface area contributed by atoms with E-state index in [-0.39, 0.29) is 68.2 Å². The van der Waals surface area contributed by atoms with Crippen LogP contribution in [0.15, 0.2) is 84.0 Å². The van der Waals surface area contributed by atoms with Crippen LogP contribution in [0, 0.1) is 0 Å². The molecule has 2 atom stereocenters. The van der Waals surface area contributed by atoms with Crippen molar-refractivity contribution in [1.29, 1.82) is 0 Å². The van der Waals surface area contributed by atoms with Gasteiger partial charge in [0.2, 0.25) is 0 Å². The molecule has 0 fully saturated rings. The number of hydrogen-bond donors (Lipinski definition) is 1. The zero-order valence-corrected chi connectivity index (χ0v) is 35.0. The third-order valence-corrected chi connectivity index (χ3v) is 13.3. The van der Waals surface area contributed by atoms with Crippen LogP contribution in [0.25, 0.3) is 5.57 Å². The largest absolute Gasteiger partial charge is 0.456 e. The van der Waals surface area contributed by atoms with E-state index < -0.39 is 19.7 Å². The van der Waals surface area contributed by atoms with Gasteiger partial charge in [-0.3, -0.25) is 4.79 Å². The molecule has 2 unspecified atom stereocenters. The summed E-state index contributed by atoms with van der Waals surface area (Å²) in [5.41, 5.74) is 5.04. The quantitative estimate of drug-likeness (QED) is 0.159. The molecule has 11 nitrogen and oxygen atoms in total. The van der Waals surface area contributed by atoms with Crippen molar-refractivity contribution in [3.63, 3.8) is 0 Å². The predicted octanol–water partition coefficient (Wildman–Crippen LogP) is 4.72. The third kappa shape index (κ3) is 11.4. The number of quaternary nitrogens is 1. The van der Waals surface area contributed by atoms with Crippen LogP contribution in [-0.4, -0.2) is 116 Å². The number of amides is 1. The Bertz CT molecular complexity index is 1950. The van der Waals surface area contributed by atoms with E-state index in [0.717, 1.165) is 71.1 Å². The predicted molar refractivity (Wildman–Crippen MR) is 221 cm³/mol. The van der Waals surface area contributed by atoms with Gasteiger partial charge in [0.25, 0.3) is 5.91 Å². The maximum Gasteiger partial charge on any atom is 0.254 e. The molecule has 4 rings (SSSR count). The van der Waals surface area contributed by atoms with Crippen molar-refractivity contribution in [2.75, 3.05) is 81.3 Å². The van der Waals surface area contributed by atoms with E-state index in [2.05, 4.69) is 75.6 Å². The van der Waals surface area contributed by atoms with E-state index in [1.807, 2.05) is 38.1 Å². The number of nitrogens with zero attached hydrogens (tertiary/aromatic N) is 2. The molecule has 0 bridgehead atoms. The van der Waals surface area contributed by atoms with Gasteiger partial charge in [0.05, 0.1) is 56.8 Å². The Morgan fingerprint density at radius 1 is 0.909 bits per heavy atom. The lowest BCUT2D eigenvalue weighted by molar-refractivity contribution is -0.908. The average molecular weight is 799 g/mol. The van der Waals surface area contributed by atoms with Crippen molar-refractivity contribution < 1.29 is 40.7 Å². The van der Waals surface area contributed by atoms with Crippen LogP contribution in [0.3, 0.4) is 0 Å². The number of hydrogen-bond acceptors (Lipinski definition) is 9. The number of sulfone groups is 2. The van der Waals surface area contributed by atoms with Gasteiger partial charge in [0.1, 0.15) is 17.6 Å². The molecule has 1 N–H and O–H groups in total. The molecule has 2 aliphatic rings. The molecule has 13 heteroatoms. The Morgan fingerprint density at radius 3 is 2.22 bits per heavy atom. The molecule has 0 spiro atoms. The summed E-state index contributed by atoms with van der Waals surface area (Å²) in [5, 5.41) is 0.891. The molecule has 0 saturated heterocycles. The van der Waals surface area contributed by atoms with Crippen molar-refractivity contribution >= 4 is 36.8 Å². The van der Waals surface area contributed by atoms with E-state index in [4.69, 9.17) is 14.2 Å². The zero-order chi connectivity index (χ0) is 40.2. The lowest BCUT2D eigenvalue weighted by Crippen LogP contribution is -3.14. The monoisotopic (exact) mass is 798 g/mol. The first-order valence-corrected chi connectivity index (χ1v) is 23.0. The minimum absolute atomic E-state index is 0.00160. The second-order valence-electron chi connectivity index (χ2n) is 13.7. The summed E-state index contributed by atoms with van der Waals surface area (Å²) in [6.07, 6.45) is 7.19. The number of ether oxygens (including phenoxy) is 3. The summed E-state index contributed by atoms with van der Waals surface area (Å²) in [5.74, 6) is 0.674. The Labute approximate surface area is 329 Å². The first-order valence-electron chi connectivity index (χ1n) is 19.5. The molecular weight excluding hydrogens is 739 g/mol. The van der Waals surface area contributed by atoms with Crippen LogP contribution in [-0.2, 0) is 29.1 Å². The van der Waals surface area contributed by atoms with Gasteiger partial charge in [-0.25, -0.2) is 16.8 Å². The Kier molecular flexibility index (Phi) is 16.3. The first-order chi connectivity index (χ1) is 26.3. The molecule has 1 heterocycles. The summed E-state index contributed by atoms with van der Waals surface area (Å²) in [7, 11) is -6.91. The molecule has 1 aliphatic carbocycles. The van der Waals surface area contributed by atoms with Crippen molar-refractivity contribution in [3.05, 3.63) is 101 Å². The number of carbonyl (C=O) groups excluding carboxylic acids is 1. The smallest absolute Gasteiger partial charge is 0.254 e. The van der Waals surface area contributed by atoms with E-state index >= 15 is 0 Å². The van der Waals surface area contributed by atoms with E-state index in [0.29, 0.717) is 12.0 Å². The van der Waals surface area contributed by atoms with Crippen LogP contribution in [0.4, 0.5) is 5.69 Å². The number of fused-ring (bicyclic) bond motifs is 2. The van der Waals surface area contributed by atoms with Gasteiger partial charge in [-0.05, 0) is 77.0 Å². The van der Waals surface area contributed by atoms with Gasteiger partial charge >= 0.3 is 0 Å². The number of allylic oxidation sites excluding steroid dienone is 1. The highest BCUT2D eigenvalue weighted by molar-refractivity contribution is 7.94. The van der Waals surface area contributed by atoms with Gasteiger partial charge in [0, 0.05) is 71.2 Å². The van der Waals surface area contributed by atoms with Gasteiger partial charge in [0.15, 0.2) is 19.7 Å². The number of anilines is 1. The Balaban J connectivity index is 1.60. The highest BCUT2D eigenvalue weighted by Gasteiger charge is 2.33. The maximum atomic E-state index is 14.7. The van der Waals surface area contributed by atoms with Crippen LogP contribution >= 0.6 is 0 Å². The summed E-state index contributed by atoms with van der Waals surface area (Å²) in [4.78, 5) is 20.0. The molecular formula is C42H60N3O8S2+. The Morgan fingerprint density at radius 2 is 1.58 bits per heavy atom. The van der Waals surface area contributed by atoms with Crippen molar-refractivity contribution in [2.45, 2.75) is 60.0 Å². The molecule has 2 aromatic rings. The lowest BCUT2D eigenvalue weighted by Gasteiger charge is -2.33. The summed E-state index contributed by atoms with van der Waals surface area (Å²) in [6.45, 7) is 19.7. The fourth-order valence-electron chi connectivity index (χ4n) is 6.89. The van der Waals surface area contributed by atoms with E-state index in [1.54, 1.807) is 4.90 Å². The second-order valence-corrected chi connectivity index (χ2v) is 18.1. The molecule has 1 aliphatic heterocycles. The molecule has 55 heavy (non-hydrogen) atoms. The summed E-state index contributed by atoms with van der Waals surface area (Å²) < 4.78 is 66.7. The highest BCUT2D eigenvalue weighted by atomic mass is 32.2. The standard InChI is InChI=1S/C42H59N3O8S2/c1-8-32(7)45(22-27-55(49,50)29-26-52-24-23-51-25-28-54(47,48)13-6)42(46)36-17-15-14-16-35(36)41-37-20-18-33(43(9-2)10-3)30-39(37)53-40-31-34(19-21-38(40)41)44(11-4)12-5/h13-21,30-33H,6,8-12,22-29H2,1-5,7H3/p+1. The van der Waals surface area contributed by atoms with Crippen LogP contribution in [0.5, 0.6) is 5.75 Å². The molecule has 2 aromatic carbocycles. The zero-order valence-electron chi connectivity index (χ0n) is 33.4. The number of benzene rings is 2. The average Bonchev–Trinajstić information content (AvgIpc) is 3.18. The van der Waals surface area contributed by atoms with E-state index in [1.165, 1.54) is 4.90 Å². The van der Waals surface area contributed by atoms with Gasteiger partial charge in [-0.15, -0.1) is 0 Å². The van der Waals surface area contributed by atoms with Crippen molar-refractivity contribution in [1.82, 2.24) is 4.90 Å². The number of carbonyl (C=O) groups is 1. The number of nitrogens with one attached hydrogen (secondary N) is 1. The number of rotatable bonds is 23. The van der Waals surface area contributed by atoms with Crippen LogP contribution in [0.2, 0.25) is 0 Å². The molecule has 0 saturated carbocycles. The lowest BCUT2D eigenvalue weighted by atomic mass is 9.84. The molecule has 1 amide bonds. The maximum absolute atomic E-state index is 14.7. The Hall–Kier alpha value is -3.75. The topological polar surface area (TPSA) is 124 Å². The van der Waals surface area contributed by atoms with Gasteiger partial charge in [-0.1, -0.05) is 31.7 Å². The minimum atomic E-state index is -3.57. The van der Waals surface area contributed by atoms with Crippen LogP contribution < -0.4 is 14.5 Å². The molecule has 302 valence electrons. The fraction of sp³-hybridized carbons (Fsp3) is 0.500. The highest BCUT2D eigenvalue weighted by Crippen LogP contribution is 2.45. The number of likely N-dealkylation sites (N-methyl/N-ethyl adjacent to an activating group) is 1.